The summed E-state index contributed by atoms with van der Waals surface area (Å²) in [7, 11) is 3.07. The van der Waals surface area contributed by atoms with E-state index in [1.807, 2.05) is 36.4 Å². The predicted octanol–water partition coefficient (Wildman–Crippen LogP) is 8.06. The van der Waals surface area contributed by atoms with Crippen molar-refractivity contribution in [1.29, 1.82) is 0 Å². The van der Waals surface area contributed by atoms with Gasteiger partial charge in [-0.05, 0) is 92.1 Å². The van der Waals surface area contributed by atoms with E-state index in [9.17, 15) is 19.2 Å². The van der Waals surface area contributed by atoms with Crippen molar-refractivity contribution in [2.24, 2.45) is 11.7 Å². The number of benzene rings is 4. The molecule has 4 aromatic carbocycles. The van der Waals surface area contributed by atoms with Gasteiger partial charge in [0.25, 0.3) is 5.91 Å². The number of hydrogen-bond acceptors (Lipinski definition) is 8. The summed E-state index contributed by atoms with van der Waals surface area (Å²) < 4.78 is 32.1. The lowest BCUT2D eigenvalue weighted by Crippen LogP contribution is -2.35. The van der Waals surface area contributed by atoms with Crippen molar-refractivity contribution < 1.29 is 37.8 Å². The van der Waals surface area contributed by atoms with E-state index < -0.39 is 11.7 Å². The van der Waals surface area contributed by atoms with Crippen LogP contribution in [0.2, 0.25) is 5.02 Å². The predicted molar refractivity (Wildman–Crippen MR) is 236 cm³/mol. The molecule has 1 fully saturated rings. The minimum absolute atomic E-state index is 0.0153. The van der Waals surface area contributed by atoms with Crippen LogP contribution in [0.1, 0.15) is 89.6 Å². The molecule has 1 unspecified atom stereocenters. The molecule has 1 saturated carbocycles. The summed E-state index contributed by atoms with van der Waals surface area (Å²) >= 11 is 6.70. The Hall–Kier alpha value is -5.50. The Balaban J connectivity index is 1.12. The molecule has 5 rings (SSSR count). The van der Waals surface area contributed by atoms with Crippen LogP contribution in [0.15, 0.2) is 78.9 Å². The van der Waals surface area contributed by atoms with Crippen LogP contribution in [0, 0.1) is 11.7 Å². The third kappa shape index (κ3) is 13.2. The zero-order valence-corrected chi connectivity index (χ0v) is 35.8. The van der Waals surface area contributed by atoms with Gasteiger partial charge in [-0.2, -0.15) is 0 Å². The molecule has 1 aliphatic carbocycles. The number of carbonyl (C=O) groups is 4. The number of halogens is 2. The fourth-order valence-electron chi connectivity index (χ4n) is 7.46. The molecular formula is C47H56ClFN5O7-. The van der Waals surface area contributed by atoms with Gasteiger partial charge in [-0.15, -0.1) is 12.6 Å². The highest BCUT2D eigenvalue weighted by atomic mass is 35.5. The van der Waals surface area contributed by atoms with Crippen molar-refractivity contribution in [2.45, 2.75) is 63.8 Å². The molecule has 0 heterocycles. The SMILES string of the molecule is COCCOc1ccc(C(N)=O)c(-c2cc(C(C[N-]C3CCC(C(=O)NCCCCNC(=O)c4ccc(OC)c(NCCC(C)=O)c4)CC3)c3ccccc3)ccc2Cl)c1F. The third-order valence-electron chi connectivity index (χ3n) is 10.8. The van der Waals surface area contributed by atoms with Gasteiger partial charge in [0.1, 0.15) is 18.1 Å². The number of rotatable bonds is 23. The molecule has 61 heavy (non-hydrogen) atoms. The molecule has 3 amide bonds. The highest BCUT2D eigenvalue weighted by Crippen LogP contribution is 2.40. The lowest BCUT2D eigenvalue weighted by molar-refractivity contribution is -0.126. The molecule has 1 aliphatic rings. The van der Waals surface area contributed by atoms with Crippen molar-refractivity contribution in [3.8, 4) is 22.6 Å². The van der Waals surface area contributed by atoms with Gasteiger partial charge in [-0.25, -0.2) is 4.39 Å². The fourth-order valence-corrected chi connectivity index (χ4v) is 7.67. The molecule has 0 saturated heterocycles. The second-order valence-electron chi connectivity index (χ2n) is 15.1. The minimum Gasteiger partial charge on any atom is -0.659 e. The number of ketones is 1. The zero-order chi connectivity index (χ0) is 43.7. The van der Waals surface area contributed by atoms with Crippen molar-refractivity contribution in [1.82, 2.24) is 10.6 Å². The average molecular weight is 857 g/mol. The number of primary amides is 1. The maximum atomic E-state index is 16.1. The number of Topliss-reactive ketones (excluding diaryl/α,β-unsaturated/α-hetero) is 1. The van der Waals surface area contributed by atoms with E-state index in [0.717, 1.165) is 36.8 Å². The molecule has 14 heteroatoms. The van der Waals surface area contributed by atoms with Crippen molar-refractivity contribution >= 4 is 40.8 Å². The Bertz CT molecular complexity index is 2110. The molecule has 0 spiro atoms. The Kier molecular flexibility index (Phi) is 17.9. The Labute approximate surface area is 362 Å². The van der Waals surface area contributed by atoms with Gasteiger partial charge in [0.15, 0.2) is 11.6 Å². The normalized spacial score (nSPS) is 15.4. The molecule has 0 bridgehead atoms. The largest absolute Gasteiger partial charge is 0.659 e. The van der Waals surface area contributed by atoms with Crippen LogP contribution >= 0.6 is 11.6 Å². The smallest absolute Gasteiger partial charge is 0.251 e. The first-order valence-corrected chi connectivity index (χ1v) is 21.1. The van der Waals surface area contributed by atoms with Gasteiger partial charge in [0.2, 0.25) is 11.8 Å². The standard InChI is InChI=1S/C47H56ClFN5O7/c1-30(55)21-24-51-40-28-34(14-19-41(40)60-3)47(58)53-23-8-7-22-52-46(57)32-11-15-35(16-12-32)54-29-38(31-9-5-4-6-10-31)33-13-18-39(48)37(27-33)43-36(45(50)56)17-20-42(44(43)49)61-26-25-59-2/h4-6,9-10,13-14,17-20,27-28,32,35,38,51H,7-8,11-12,15-16,21-26,29H2,1-3H3,(H2,50,56)(H,52,57)(H,53,58)/q-1. The maximum absolute atomic E-state index is 16.1. The number of methoxy groups -OCH3 is 2. The molecule has 326 valence electrons. The van der Waals surface area contributed by atoms with E-state index in [0.29, 0.717) is 68.0 Å². The molecular weight excluding hydrogens is 801 g/mol. The van der Waals surface area contributed by atoms with Gasteiger partial charge >= 0.3 is 0 Å². The van der Waals surface area contributed by atoms with E-state index in [-0.39, 0.29) is 70.6 Å². The topological polar surface area (TPSA) is 172 Å². The summed E-state index contributed by atoms with van der Waals surface area (Å²) in [5.41, 5.74) is 8.97. The Morgan fingerprint density at radius 2 is 1.57 bits per heavy atom. The second-order valence-corrected chi connectivity index (χ2v) is 15.5. The lowest BCUT2D eigenvalue weighted by Gasteiger charge is -2.40. The number of amides is 3. The lowest BCUT2D eigenvalue weighted by atomic mass is 9.84. The number of unbranched alkanes of at least 4 members (excludes halogenated alkanes) is 1. The van der Waals surface area contributed by atoms with Crippen molar-refractivity contribution in [2.75, 3.05) is 58.9 Å². The monoisotopic (exact) mass is 856 g/mol. The highest BCUT2D eigenvalue weighted by Gasteiger charge is 2.25. The number of nitrogens with one attached hydrogen (secondary N) is 3. The number of nitrogens with zero attached hydrogens (tertiary/aromatic N) is 1. The summed E-state index contributed by atoms with van der Waals surface area (Å²) in [5.74, 6) is -1.38. The van der Waals surface area contributed by atoms with Gasteiger partial charge < -0.3 is 41.2 Å². The van der Waals surface area contributed by atoms with Gasteiger partial charge in [-0.1, -0.05) is 60.8 Å². The van der Waals surface area contributed by atoms with Gasteiger partial charge in [-0.3, -0.25) is 19.2 Å². The van der Waals surface area contributed by atoms with Crippen LogP contribution in [0.25, 0.3) is 16.4 Å². The molecule has 4 aromatic rings. The van der Waals surface area contributed by atoms with Crippen LogP contribution in [0.5, 0.6) is 11.5 Å². The average Bonchev–Trinajstić information content (AvgIpc) is 3.26. The third-order valence-corrected chi connectivity index (χ3v) is 11.2. The number of hydrogen-bond donors (Lipinski definition) is 4. The Morgan fingerprint density at radius 1 is 0.852 bits per heavy atom. The number of nitrogens with two attached hydrogens (primary N) is 1. The summed E-state index contributed by atoms with van der Waals surface area (Å²) in [6.45, 7) is 3.77. The number of anilines is 1. The second kappa shape index (κ2) is 23.5. The molecule has 1 atom stereocenters. The first kappa shape index (κ1) is 46.6. The highest BCUT2D eigenvalue weighted by molar-refractivity contribution is 6.33. The van der Waals surface area contributed by atoms with E-state index in [1.165, 1.54) is 26.2 Å². The Morgan fingerprint density at radius 3 is 2.26 bits per heavy atom. The quantitative estimate of drug-likeness (QED) is 0.0543. The van der Waals surface area contributed by atoms with Gasteiger partial charge in [0.05, 0.1) is 25.0 Å². The summed E-state index contributed by atoms with van der Waals surface area (Å²) in [6.07, 6.45) is 4.79. The molecule has 0 aromatic heterocycles. The minimum atomic E-state index is -0.795. The first-order valence-electron chi connectivity index (χ1n) is 20.7. The van der Waals surface area contributed by atoms with Crippen LogP contribution < -0.4 is 31.2 Å². The van der Waals surface area contributed by atoms with E-state index >= 15 is 4.39 Å². The van der Waals surface area contributed by atoms with Crippen LogP contribution in [-0.4, -0.2) is 83.2 Å². The molecule has 0 aliphatic heterocycles. The van der Waals surface area contributed by atoms with Gasteiger partial charge in [0, 0.05) is 60.8 Å². The molecule has 5 N–H and O–H groups in total. The molecule has 12 nitrogen and oxygen atoms in total. The van der Waals surface area contributed by atoms with Crippen LogP contribution in [-0.2, 0) is 14.3 Å². The fraction of sp³-hybridized carbons (Fsp3) is 0.404. The van der Waals surface area contributed by atoms with E-state index in [2.05, 4.69) is 16.0 Å². The first-order chi connectivity index (χ1) is 29.5. The summed E-state index contributed by atoms with van der Waals surface area (Å²) in [4.78, 5) is 49.7. The molecule has 0 radical (unpaired) electrons. The maximum Gasteiger partial charge on any atom is 0.251 e. The van der Waals surface area contributed by atoms with E-state index in [1.54, 1.807) is 37.4 Å². The number of ether oxygens (including phenoxy) is 3. The number of carbonyl (C=O) groups excluding carboxylic acids is 4. The van der Waals surface area contributed by atoms with Crippen LogP contribution in [0.3, 0.4) is 0 Å². The zero-order valence-electron chi connectivity index (χ0n) is 35.1. The summed E-state index contributed by atoms with van der Waals surface area (Å²) in [6, 6.07) is 23.3. The summed E-state index contributed by atoms with van der Waals surface area (Å²) in [5, 5.41) is 14.6. The van der Waals surface area contributed by atoms with Crippen LogP contribution in [0.4, 0.5) is 10.1 Å². The van der Waals surface area contributed by atoms with E-state index in [4.69, 9.17) is 36.9 Å². The van der Waals surface area contributed by atoms with Crippen molar-refractivity contribution in [3.63, 3.8) is 0 Å². The van der Waals surface area contributed by atoms with Crippen molar-refractivity contribution in [3.05, 3.63) is 117 Å².